The predicted molar refractivity (Wildman–Crippen MR) is 125 cm³/mol. The van der Waals surface area contributed by atoms with E-state index in [1.807, 2.05) is 0 Å². The van der Waals surface area contributed by atoms with Crippen LogP contribution in [-0.2, 0) is 54.2 Å². The van der Waals surface area contributed by atoms with E-state index >= 15 is 0 Å². The van der Waals surface area contributed by atoms with Gasteiger partial charge in [-0.05, 0) is 12.1 Å². The van der Waals surface area contributed by atoms with Crippen LogP contribution in [0, 0.1) is 0 Å². The first-order chi connectivity index (χ1) is 18.0. The van der Waals surface area contributed by atoms with E-state index < -0.39 is 72.8 Å². The summed E-state index contributed by atoms with van der Waals surface area (Å²) in [5, 5.41) is 2.50. The largest absolute Gasteiger partial charge is 0.463 e. The van der Waals surface area contributed by atoms with Gasteiger partial charge >= 0.3 is 29.6 Å². The number of para-hydroxylation sites is 2. The van der Waals surface area contributed by atoms with Gasteiger partial charge in [-0.25, -0.2) is 4.79 Å². The van der Waals surface area contributed by atoms with Gasteiger partial charge in [0.15, 0.2) is 17.8 Å². The number of oxazole rings is 1. The average molecular weight is 536 g/mol. The lowest BCUT2D eigenvalue weighted by Gasteiger charge is -2.44. The van der Waals surface area contributed by atoms with E-state index in [1.54, 1.807) is 24.3 Å². The first-order valence-electron chi connectivity index (χ1n) is 11.6. The molecule has 0 radical (unpaired) electrons. The highest BCUT2D eigenvalue weighted by Gasteiger charge is 2.52. The molecule has 1 aliphatic heterocycles. The second-order valence-corrected chi connectivity index (χ2v) is 8.45. The molecule has 1 aliphatic rings. The first-order valence-corrected chi connectivity index (χ1v) is 11.6. The molecule has 1 fully saturated rings. The summed E-state index contributed by atoms with van der Waals surface area (Å²) >= 11 is 0. The maximum Gasteiger partial charge on any atom is 0.419 e. The Balaban J connectivity index is 1.85. The Kier molecular flexibility index (Phi) is 9.23. The van der Waals surface area contributed by atoms with Gasteiger partial charge in [0.25, 0.3) is 0 Å². The average Bonchev–Trinajstić information content (AvgIpc) is 3.14. The van der Waals surface area contributed by atoms with Crippen molar-refractivity contribution in [2.45, 2.75) is 71.3 Å². The first kappa shape index (κ1) is 28.4. The van der Waals surface area contributed by atoms with Gasteiger partial charge in [-0.3, -0.25) is 28.5 Å². The van der Waals surface area contributed by atoms with Crippen molar-refractivity contribution in [2.24, 2.45) is 0 Å². The quantitative estimate of drug-likeness (QED) is 0.340. The van der Waals surface area contributed by atoms with Gasteiger partial charge in [-0.15, -0.1) is 0 Å². The minimum atomic E-state index is -1.54. The molecule has 14 nitrogen and oxygen atoms in total. The van der Waals surface area contributed by atoms with E-state index in [-0.39, 0.29) is 13.0 Å². The summed E-state index contributed by atoms with van der Waals surface area (Å²) in [6.07, 6.45) is -5.75. The second kappa shape index (κ2) is 12.4. The molecule has 14 heteroatoms. The molecular formula is C24H28N2O12. The van der Waals surface area contributed by atoms with E-state index in [0.717, 1.165) is 20.8 Å². The van der Waals surface area contributed by atoms with Crippen molar-refractivity contribution < 1.29 is 52.1 Å². The molecule has 2 heterocycles. The molecule has 0 bridgehead atoms. The van der Waals surface area contributed by atoms with Crippen LogP contribution in [0.4, 0.5) is 0 Å². The molecule has 1 amide bonds. The third kappa shape index (κ3) is 7.18. The molecule has 2 aromatic rings. The molecular weight excluding hydrogens is 508 g/mol. The van der Waals surface area contributed by atoms with Crippen molar-refractivity contribution in [2.75, 3.05) is 6.61 Å². The molecule has 1 saturated heterocycles. The van der Waals surface area contributed by atoms with Crippen LogP contribution in [0.3, 0.4) is 0 Å². The van der Waals surface area contributed by atoms with Gasteiger partial charge in [0.2, 0.25) is 12.2 Å². The minimum absolute atomic E-state index is 0.0907. The lowest BCUT2D eigenvalue weighted by Crippen LogP contribution is -2.66. The molecule has 0 spiro atoms. The fourth-order valence-electron chi connectivity index (χ4n) is 4.01. The highest BCUT2D eigenvalue weighted by molar-refractivity contribution is 5.75. The Morgan fingerprint density at radius 2 is 1.58 bits per heavy atom. The molecule has 0 saturated carbocycles. The van der Waals surface area contributed by atoms with Crippen molar-refractivity contribution in [1.29, 1.82) is 0 Å². The van der Waals surface area contributed by atoms with E-state index in [0.29, 0.717) is 11.1 Å². The van der Waals surface area contributed by atoms with E-state index in [2.05, 4.69) is 5.32 Å². The van der Waals surface area contributed by atoms with Gasteiger partial charge in [-0.2, -0.15) is 0 Å². The zero-order valence-corrected chi connectivity index (χ0v) is 21.2. The number of aryl methyl sites for hydroxylation is 1. The Hall–Kier alpha value is -4.20. The van der Waals surface area contributed by atoms with Gasteiger partial charge in [0.1, 0.15) is 18.8 Å². The highest BCUT2D eigenvalue weighted by atomic mass is 16.7. The molecule has 3 rings (SSSR count). The normalized spacial score (nSPS) is 22.8. The summed E-state index contributed by atoms with van der Waals surface area (Å²) < 4.78 is 33.3. The van der Waals surface area contributed by atoms with Crippen molar-refractivity contribution in [3.05, 3.63) is 34.8 Å². The molecule has 1 aromatic heterocycles. The highest BCUT2D eigenvalue weighted by Crippen LogP contribution is 2.28. The summed E-state index contributed by atoms with van der Waals surface area (Å²) in [5.41, 5.74) is 0.831. The summed E-state index contributed by atoms with van der Waals surface area (Å²) in [7, 11) is 0. The standard InChI is InChI=1S/C24H28N2O12/c1-12(27)25-20-22(35-15(4)30)21(34-14(3)29)18(11-33-13(2)28)36-23(20)38-19(31)9-10-26-16-7-5-6-8-17(16)37-24(26)32/h5-8,18,20-23H,9-11H2,1-4H3,(H,25,27)/t18-,20-,21+,22-,23+/m0/s1. The number of benzene rings is 1. The van der Waals surface area contributed by atoms with Crippen molar-refractivity contribution in [1.82, 2.24) is 9.88 Å². The number of carbonyl (C=O) groups is 5. The Morgan fingerprint density at radius 3 is 2.21 bits per heavy atom. The Bertz CT molecular complexity index is 1260. The van der Waals surface area contributed by atoms with Gasteiger partial charge in [0, 0.05) is 34.2 Å². The minimum Gasteiger partial charge on any atom is -0.463 e. The summed E-state index contributed by atoms with van der Waals surface area (Å²) in [4.78, 5) is 72.1. The third-order valence-electron chi connectivity index (χ3n) is 5.43. The van der Waals surface area contributed by atoms with Crippen LogP contribution in [0.25, 0.3) is 11.1 Å². The third-order valence-corrected chi connectivity index (χ3v) is 5.43. The molecule has 38 heavy (non-hydrogen) atoms. The monoisotopic (exact) mass is 536 g/mol. The zero-order chi connectivity index (χ0) is 28.0. The number of hydrogen-bond acceptors (Lipinski definition) is 12. The fourth-order valence-corrected chi connectivity index (χ4v) is 4.01. The van der Waals surface area contributed by atoms with E-state index in [1.165, 1.54) is 11.5 Å². The predicted octanol–water partition coefficient (Wildman–Crippen LogP) is 0.184. The van der Waals surface area contributed by atoms with E-state index in [4.69, 9.17) is 28.1 Å². The number of fused-ring (bicyclic) bond motifs is 1. The number of ether oxygens (including phenoxy) is 5. The van der Waals surface area contributed by atoms with Crippen LogP contribution in [0.15, 0.2) is 33.5 Å². The molecule has 1 aromatic carbocycles. The smallest absolute Gasteiger partial charge is 0.419 e. The Labute approximate surface area is 216 Å². The van der Waals surface area contributed by atoms with Gasteiger partial charge in [-0.1, -0.05) is 12.1 Å². The summed E-state index contributed by atoms with van der Waals surface area (Å²) in [6, 6.07) is 5.37. The number of nitrogens with one attached hydrogen (secondary N) is 1. The number of rotatable bonds is 9. The number of hydrogen-bond donors (Lipinski definition) is 1. The molecule has 5 atom stereocenters. The SMILES string of the molecule is CC(=O)N[C@@H]1[C@@H](OC(=O)CCn2c(=O)oc3ccccc32)O[C@@H](COC(C)=O)[C@@H](OC(C)=O)[C@H]1OC(C)=O. The van der Waals surface area contributed by atoms with Crippen molar-refractivity contribution in [3.63, 3.8) is 0 Å². The molecule has 206 valence electrons. The fraction of sp³-hybridized carbons (Fsp3) is 0.500. The number of esters is 4. The van der Waals surface area contributed by atoms with Crippen molar-refractivity contribution >= 4 is 40.9 Å². The van der Waals surface area contributed by atoms with Crippen LogP contribution in [0.1, 0.15) is 34.1 Å². The van der Waals surface area contributed by atoms with Crippen LogP contribution in [-0.4, -0.2) is 71.6 Å². The number of carbonyl (C=O) groups excluding carboxylic acids is 5. The van der Waals surface area contributed by atoms with Crippen molar-refractivity contribution in [3.8, 4) is 0 Å². The van der Waals surface area contributed by atoms with E-state index in [9.17, 15) is 28.8 Å². The summed E-state index contributed by atoms with van der Waals surface area (Å²) in [6.45, 7) is 3.99. The summed E-state index contributed by atoms with van der Waals surface area (Å²) in [5.74, 6) is -4.31. The maximum absolute atomic E-state index is 12.8. The molecule has 0 unspecified atom stereocenters. The lowest BCUT2D eigenvalue weighted by atomic mass is 9.96. The topological polar surface area (TPSA) is 179 Å². The van der Waals surface area contributed by atoms with Crippen LogP contribution < -0.4 is 11.1 Å². The zero-order valence-electron chi connectivity index (χ0n) is 21.2. The van der Waals surface area contributed by atoms with Crippen LogP contribution in [0.5, 0.6) is 0 Å². The maximum atomic E-state index is 12.8. The Morgan fingerprint density at radius 1 is 0.921 bits per heavy atom. The molecule has 0 aliphatic carbocycles. The van der Waals surface area contributed by atoms with Crippen LogP contribution >= 0.6 is 0 Å². The number of amides is 1. The lowest BCUT2D eigenvalue weighted by molar-refractivity contribution is -0.271. The van der Waals surface area contributed by atoms with Crippen LogP contribution in [0.2, 0.25) is 0 Å². The number of aromatic nitrogens is 1. The van der Waals surface area contributed by atoms with Gasteiger partial charge < -0.3 is 33.4 Å². The number of nitrogens with zero attached hydrogens (tertiary/aromatic N) is 1. The molecule has 1 N–H and O–H groups in total. The van der Waals surface area contributed by atoms with Gasteiger partial charge in [0.05, 0.1) is 11.9 Å². The second-order valence-electron chi connectivity index (χ2n) is 8.45.